The van der Waals surface area contributed by atoms with E-state index in [2.05, 4.69) is 4.74 Å². The van der Waals surface area contributed by atoms with Crippen LogP contribution in [0, 0.1) is 5.92 Å². The fourth-order valence-electron chi connectivity index (χ4n) is 3.19. The molecule has 0 saturated carbocycles. The molecule has 3 atom stereocenters. The van der Waals surface area contributed by atoms with Gasteiger partial charge in [0.05, 0.1) is 44.8 Å². The first-order valence-corrected chi connectivity index (χ1v) is 7.87. The van der Waals surface area contributed by atoms with Crippen molar-refractivity contribution in [2.24, 2.45) is 5.92 Å². The molecule has 1 saturated heterocycles. The molecule has 1 N–H and O–H groups in total. The highest BCUT2D eigenvalue weighted by atomic mass is 16.7. The summed E-state index contributed by atoms with van der Waals surface area (Å²) in [7, 11) is 1.24. The predicted molar refractivity (Wildman–Crippen MR) is 82.8 cm³/mol. The van der Waals surface area contributed by atoms with Gasteiger partial charge in [0.1, 0.15) is 5.75 Å². The molecular weight excluding hydrogens is 314 g/mol. The molecule has 130 valence electrons. The highest BCUT2D eigenvalue weighted by Gasteiger charge is 2.45. The second kappa shape index (κ2) is 6.41. The van der Waals surface area contributed by atoms with Crippen LogP contribution in [0.25, 0.3) is 0 Å². The molecule has 0 bridgehead atoms. The Morgan fingerprint density at radius 3 is 2.83 bits per heavy atom. The minimum absolute atomic E-state index is 0.0504. The number of carbonyl (C=O) groups excluding carboxylic acids is 2. The van der Waals surface area contributed by atoms with Crippen LogP contribution in [0.2, 0.25) is 0 Å². The molecule has 0 spiro atoms. The van der Waals surface area contributed by atoms with Crippen LogP contribution in [0.5, 0.6) is 5.75 Å². The summed E-state index contributed by atoms with van der Waals surface area (Å²) >= 11 is 0. The standard InChI is InChI=1S/C17H21NO6/c1-17(21,8-15(20)22-2)7-14(19)18-16-11(10-24-18)9-23-13-6-4-3-5-12(13)16/h3-6,11,16,21H,7-10H2,1-2H3/t11-,16+,17+/m1/s1. The van der Waals surface area contributed by atoms with Crippen LogP contribution in [0.15, 0.2) is 24.3 Å². The SMILES string of the molecule is COC(=O)C[C@@](C)(O)CC(=O)N1OC[C@H]2COc3ccccc3[C@H]21. The number of fused-ring (bicyclic) bond motifs is 3. The number of nitrogens with zero attached hydrogens (tertiary/aromatic N) is 1. The second-order valence-corrected chi connectivity index (χ2v) is 6.50. The number of benzene rings is 1. The average molecular weight is 335 g/mol. The number of hydroxylamine groups is 2. The van der Waals surface area contributed by atoms with Gasteiger partial charge in [-0.3, -0.25) is 14.4 Å². The lowest BCUT2D eigenvalue weighted by molar-refractivity contribution is -0.182. The van der Waals surface area contributed by atoms with Crippen molar-refractivity contribution in [2.75, 3.05) is 20.3 Å². The van der Waals surface area contributed by atoms with Crippen molar-refractivity contribution >= 4 is 11.9 Å². The van der Waals surface area contributed by atoms with Gasteiger partial charge in [-0.25, -0.2) is 5.06 Å². The van der Waals surface area contributed by atoms with Gasteiger partial charge in [0, 0.05) is 11.5 Å². The summed E-state index contributed by atoms with van der Waals surface area (Å²) in [4.78, 5) is 29.6. The summed E-state index contributed by atoms with van der Waals surface area (Å²) in [5.74, 6) is -0.143. The van der Waals surface area contributed by atoms with E-state index in [1.54, 1.807) is 0 Å². The Morgan fingerprint density at radius 2 is 2.08 bits per heavy atom. The van der Waals surface area contributed by atoms with Gasteiger partial charge in [-0.1, -0.05) is 18.2 Å². The van der Waals surface area contributed by atoms with Gasteiger partial charge in [-0.2, -0.15) is 0 Å². The lowest BCUT2D eigenvalue weighted by Gasteiger charge is -2.32. The van der Waals surface area contributed by atoms with E-state index in [0.29, 0.717) is 13.2 Å². The number of carbonyl (C=O) groups is 2. The van der Waals surface area contributed by atoms with E-state index in [0.717, 1.165) is 11.3 Å². The fraction of sp³-hybridized carbons (Fsp3) is 0.529. The number of methoxy groups -OCH3 is 1. The van der Waals surface area contributed by atoms with Crippen molar-refractivity contribution in [3.8, 4) is 5.75 Å². The van der Waals surface area contributed by atoms with Gasteiger partial charge in [-0.05, 0) is 13.0 Å². The molecule has 7 nitrogen and oxygen atoms in total. The smallest absolute Gasteiger partial charge is 0.308 e. The Morgan fingerprint density at radius 1 is 1.33 bits per heavy atom. The minimum Gasteiger partial charge on any atom is -0.493 e. The predicted octanol–water partition coefficient (Wildman–Crippen LogP) is 1.21. The molecule has 7 heteroatoms. The Hall–Kier alpha value is -2.12. The average Bonchev–Trinajstić information content (AvgIpc) is 2.98. The van der Waals surface area contributed by atoms with Gasteiger partial charge in [0.25, 0.3) is 0 Å². The molecule has 2 aliphatic rings. The molecular formula is C17H21NO6. The monoisotopic (exact) mass is 335 g/mol. The topological polar surface area (TPSA) is 85.3 Å². The Bertz CT molecular complexity index is 644. The summed E-state index contributed by atoms with van der Waals surface area (Å²) in [5.41, 5.74) is -0.594. The van der Waals surface area contributed by atoms with Gasteiger partial charge in [-0.15, -0.1) is 0 Å². The highest BCUT2D eigenvalue weighted by molar-refractivity contribution is 5.79. The zero-order valence-electron chi connectivity index (χ0n) is 13.7. The molecule has 3 rings (SSSR count). The number of amides is 1. The third kappa shape index (κ3) is 3.22. The van der Waals surface area contributed by atoms with Crippen LogP contribution in [0.4, 0.5) is 0 Å². The van der Waals surface area contributed by atoms with Crippen molar-refractivity contribution in [1.82, 2.24) is 5.06 Å². The number of ether oxygens (including phenoxy) is 2. The Labute approximate surface area is 140 Å². The van der Waals surface area contributed by atoms with Crippen molar-refractivity contribution < 1.29 is 29.0 Å². The lowest BCUT2D eigenvalue weighted by Crippen LogP contribution is -2.40. The first-order valence-electron chi connectivity index (χ1n) is 7.87. The zero-order valence-corrected chi connectivity index (χ0v) is 13.7. The molecule has 24 heavy (non-hydrogen) atoms. The Kier molecular flexibility index (Phi) is 4.47. The molecule has 1 aromatic carbocycles. The third-order valence-electron chi connectivity index (χ3n) is 4.35. The van der Waals surface area contributed by atoms with Crippen LogP contribution < -0.4 is 4.74 Å². The third-order valence-corrected chi connectivity index (χ3v) is 4.35. The fourth-order valence-corrected chi connectivity index (χ4v) is 3.19. The van der Waals surface area contributed by atoms with E-state index in [1.807, 2.05) is 24.3 Å². The van der Waals surface area contributed by atoms with Crippen LogP contribution >= 0.6 is 0 Å². The van der Waals surface area contributed by atoms with Crippen LogP contribution in [0.1, 0.15) is 31.4 Å². The lowest BCUT2D eigenvalue weighted by atomic mass is 9.91. The van der Waals surface area contributed by atoms with E-state index in [4.69, 9.17) is 9.57 Å². The maximum atomic E-state index is 12.6. The first-order chi connectivity index (χ1) is 11.4. The van der Waals surface area contributed by atoms with E-state index in [1.165, 1.54) is 19.1 Å². The van der Waals surface area contributed by atoms with Crippen LogP contribution in [0.3, 0.4) is 0 Å². The molecule has 0 aliphatic carbocycles. The zero-order chi connectivity index (χ0) is 17.3. The molecule has 0 radical (unpaired) electrons. The van der Waals surface area contributed by atoms with Crippen LogP contribution in [-0.4, -0.2) is 48.0 Å². The van der Waals surface area contributed by atoms with E-state index in [9.17, 15) is 14.7 Å². The van der Waals surface area contributed by atoms with Gasteiger partial charge in [0.15, 0.2) is 0 Å². The highest BCUT2D eigenvalue weighted by Crippen LogP contribution is 2.43. The van der Waals surface area contributed by atoms with E-state index < -0.39 is 11.6 Å². The maximum Gasteiger partial charge on any atom is 0.308 e. The maximum absolute atomic E-state index is 12.6. The molecule has 0 aromatic heterocycles. The normalized spacial score (nSPS) is 24.4. The largest absolute Gasteiger partial charge is 0.493 e. The summed E-state index contributed by atoms with van der Waals surface area (Å²) in [6.45, 7) is 2.29. The number of hydrogen-bond acceptors (Lipinski definition) is 6. The molecule has 0 unspecified atom stereocenters. The summed E-state index contributed by atoms with van der Waals surface area (Å²) in [6.07, 6.45) is -0.481. The van der Waals surface area contributed by atoms with Gasteiger partial charge < -0.3 is 14.6 Å². The molecule has 2 aliphatic heterocycles. The van der Waals surface area contributed by atoms with Crippen molar-refractivity contribution in [3.63, 3.8) is 0 Å². The number of esters is 1. The number of rotatable bonds is 4. The van der Waals surface area contributed by atoms with Crippen molar-refractivity contribution in [3.05, 3.63) is 29.8 Å². The summed E-state index contributed by atoms with van der Waals surface area (Å²) in [5, 5.41) is 11.6. The molecule has 2 heterocycles. The number of para-hydroxylation sites is 1. The quantitative estimate of drug-likeness (QED) is 0.833. The van der Waals surface area contributed by atoms with Crippen LogP contribution in [-0.2, 0) is 19.2 Å². The first kappa shape index (κ1) is 16.7. The van der Waals surface area contributed by atoms with Crippen molar-refractivity contribution in [1.29, 1.82) is 0 Å². The molecule has 1 fully saturated rings. The summed E-state index contributed by atoms with van der Waals surface area (Å²) < 4.78 is 10.3. The van der Waals surface area contributed by atoms with E-state index >= 15 is 0 Å². The second-order valence-electron chi connectivity index (χ2n) is 6.50. The molecule has 1 aromatic rings. The molecule has 1 amide bonds. The van der Waals surface area contributed by atoms with Gasteiger partial charge in [0.2, 0.25) is 5.91 Å². The van der Waals surface area contributed by atoms with Gasteiger partial charge >= 0.3 is 5.97 Å². The number of hydrogen-bond donors (Lipinski definition) is 1. The van der Waals surface area contributed by atoms with Crippen molar-refractivity contribution in [2.45, 2.75) is 31.4 Å². The van der Waals surface area contributed by atoms with E-state index in [-0.39, 0.29) is 30.7 Å². The minimum atomic E-state index is -1.49. The summed E-state index contributed by atoms with van der Waals surface area (Å²) in [6, 6.07) is 7.30. The Balaban J connectivity index is 1.76. The number of aliphatic hydroxyl groups is 1.